The average Bonchev–Trinajstić information content (AvgIpc) is 3.29. The van der Waals surface area contributed by atoms with Gasteiger partial charge in [-0.05, 0) is 49.9 Å². The number of hydrogen-bond donors (Lipinski definition) is 1. The van der Waals surface area contributed by atoms with Crippen LogP contribution in [0.1, 0.15) is 47.3 Å². The quantitative estimate of drug-likeness (QED) is 0.699. The molecule has 0 saturated carbocycles. The summed E-state index contributed by atoms with van der Waals surface area (Å²) in [6.07, 6.45) is 6.12. The van der Waals surface area contributed by atoms with Crippen molar-refractivity contribution in [2.45, 2.75) is 32.7 Å². The minimum absolute atomic E-state index is 0.0469. The Morgan fingerprint density at radius 3 is 2.17 bits per heavy atom. The van der Waals surface area contributed by atoms with E-state index in [2.05, 4.69) is 51.4 Å². The first kappa shape index (κ1) is 19.1. The molecule has 29 heavy (non-hydrogen) atoms. The SMILES string of the molecule is Cc1ccc(C(C)NC(=O)c2ccc(-c3cnc(N4CCCC4)nc3)cc2)cc1. The van der Waals surface area contributed by atoms with Crippen molar-refractivity contribution in [1.29, 1.82) is 0 Å². The van der Waals surface area contributed by atoms with Crippen molar-refractivity contribution in [3.63, 3.8) is 0 Å². The summed E-state index contributed by atoms with van der Waals surface area (Å²) in [5, 5.41) is 3.06. The Hall–Kier alpha value is -3.21. The molecule has 1 aromatic heterocycles. The molecule has 5 heteroatoms. The summed E-state index contributed by atoms with van der Waals surface area (Å²) in [4.78, 5) is 23.8. The second-order valence-electron chi connectivity index (χ2n) is 7.65. The summed E-state index contributed by atoms with van der Waals surface area (Å²) in [5.74, 6) is 0.720. The van der Waals surface area contributed by atoms with Crippen LogP contribution < -0.4 is 10.2 Å². The minimum Gasteiger partial charge on any atom is -0.346 e. The average molecular weight is 386 g/mol. The number of aromatic nitrogens is 2. The Kier molecular flexibility index (Phi) is 5.56. The smallest absolute Gasteiger partial charge is 0.251 e. The van der Waals surface area contributed by atoms with Crippen molar-refractivity contribution in [3.05, 3.63) is 77.6 Å². The molecular formula is C24H26N4O. The molecule has 4 rings (SSSR count). The van der Waals surface area contributed by atoms with Crippen LogP contribution in [0.3, 0.4) is 0 Å². The number of carbonyl (C=O) groups is 1. The first-order chi connectivity index (χ1) is 14.1. The molecule has 2 aromatic carbocycles. The third kappa shape index (κ3) is 4.45. The molecule has 0 radical (unpaired) electrons. The monoisotopic (exact) mass is 386 g/mol. The first-order valence-electron chi connectivity index (χ1n) is 10.1. The number of hydrogen-bond acceptors (Lipinski definition) is 4. The Morgan fingerprint density at radius 2 is 1.55 bits per heavy atom. The molecule has 3 aromatic rings. The standard InChI is InChI=1S/C24H26N4O/c1-17-5-7-19(8-6-17)18(2)27-23(29)21-11-9-20(10-12-21)22-15-25-24(26-16-22)28-13-3-4-14-28/h5-12,15-16,18H,3-4,13-14H2,1-2H3,(H,27,29). The van der Waals surface area contributed by atoms with Crippen molar-refractivity contribution in [2.24, 2.45) is 0 Å². The molecule has 1 amide bonds. The molecule has 0 bridgehead atoms. The molecular weight excluding hydrogens is 360 g/mol. The number of aryl methyl sites for hydroxylation is 1. The second kappa shape index (κ2) is 8.43. The van der Waals surface area contributed by atoms with Gasteiger partial charge in [-0.3, -0.25) is 4.79 Å². The molecule has 1 fully saturated rings. The normalized spacial score (nSPS) is 14.6. The summed E-state index contributed by atoms with van der Waals surface area (Å²) in [6.45, 7) is 6.12. The van der Waals surface area contributed by atoms with E-state index in [0.717, 1.165) is 35.7 Å². The van der Waals surface area contributed by atoms with E-state index in [9.17, 15) is 4.79 Å². The highest BCUT2D eigenvalue weighted by molar-refractivity contribution is 5.94. The topological polar surface area (TPSA) is 58.1 Å². The van der Waals surface area contributed by atoms with Crippen molar-refractivity contribution in [3.8, 4) is 11.1 Å². The van der Waals surface area contributed by atoms with Gasteiger partial charge in [-0.15, -0.1) is 0 Å². The zero-order chi connectivity index (χ0) is 20.2. The van der Waals surface area contributed by atoms with Gasteiger partial charge in [0.05, 0.1) is 6.04 Å². The highest BCUT2D eigenvalue weighted by Crippen LogP contribution is 2.22. The van der Waals surface area contributed by atoms with Crippen molar-refractivity contribution < 1.29 is 4.79 Å². The van der Waals surface area contributed by atoms with Gasteiger partial charge < -0.3 is 10.2 Å². The van der Waals surface area contributed by atoms with Crippen LogP contribution in [0.4, 0.5) is 5.95 Å². The Bertz CT molecular complexity index is 959. The molecule has 0 spiro atoms. The fourth-order valence-corrected chi connectivity index (χ4v) is 3.58. The molecule has 1 N–H and O–H groups in total. The van der Waals surface area contributed by atoms with Gasteiger partial charge in [-0.1, -0.05) is 42.0 Å². The van der Waals surface area contributed by atoms with E-state index in [1.165, 1.54) is 18.4 Å². The van der Waals surface area contributed by atoms with Crippen LogP contribution in [-0.4, -0.2) is 29.0 Å². The lowest BCUT2D eigenvalue weighted by molar-refractivity contribution is 0.0940. The second-order valence-corrected chi connectivity index (χ2v) is 7.65. The lowest BCUT2D eigenvalue weighted by Crippen LogP contribution is -2.26. The molecule has 148 valence electrons. The van der Waals surface area contributed by atoms with Gasteiger partial charge in [0.2, 0.25) is 5.95 Å². The number of anilines is 1. The van der Waals surface area contributed by atoms with Crippen LogP contribution in [0, 0.1) is 6.92 Å². The van der Waals surface area contributed by atoms with E-state index in [4.69, 9.17) is 0 Å². The predicted octanol–water partition coefficient (Wildman–Crippen LogP) is 4.54. The largest absolute Gasteiger partial charge is 0.346 e. The molecule has 1 aliphatic rings. The lowest BCUT2D eigenvalue weighted by Gasteiger charge is -2.15. The molecule has 1 atom stereocenters. The summed E-state index contributed by atoms with van der Waals surface area (Å²) < 4.78 is 0. The van der Waals surface area contributed by atoms with Gasteiger partial charge in [0.25, 0.3) is 5.91 Å². The van der Waals surface area contributed by atoms with Crippen LogP contribution in [-0.2, 0) is 0 Å². The predicted molar refractivity (Wildman–Crippen MR) is 116 cm³/mol. The summed E-state index contributed by atoms with van der Waals surface area (Å²) in [6, 6.07) is 15.8. The maximum absolute atomic E-state index is 12.6. The van der Waals surface area contributed by atoms with Crippen LogP contribution in [0.5, 0.6) is 0 Å². The number of nitrogens with zero attached hydrogens (tertiary/aromatic N) is 3. The first-order valence-corrected chi connectivity index (χ1v) is 10.1. The molecule has 1 unspecified atom stereocenters. The lowest BCUT2D eigenvalue weighted by atomic mass is 10.0. The van der Waals surface area contributed by atoms with Crippen LogP contribution in [0.2, 0.25) is 0 Å². The van der Waals surface area contributed by atoms with Gasteiger partial charge in [-0.25, -0.2) is 9.97 Å². The van der Waals surface area contributed by atoms with E-state index < -0.39 is 0 Å². The zero-order valence-corrected chi connectivity index (χ0v) is 16.9. The summed E-state index contributed by atoms with van der Waals surface area (Å²) in [7, 11) is 0. The summed E-state index contributed by atoms with van der Waals surface area (Å²) in [5.41, 5.74) is 4.90. The molecule has 5 nitrogen and oxygen atoms in total. The highest BCUT2D eigenvalue weighted by atomic mass is 16.1. The maximum atomic E-state index is 12.6. The van der Waals surface area contributed by atoms with Gasteiger partial charge in [-0.2, -0.15) is 0 Å². The number of amides is 1. The number of rotatable bonds is 5. The zero-order valence-electron chi connectivity index (χ0n) is 16.9. The van der Waals surface area contributed by atoms with Gasteiger partial charge in [0.15, 0.2) is 0 Å². The van der Waals surface area contributed by atoms with Gasteiger partial charge >= 0.3 is 0 Å². The molecule has 0 aliphatic carbocycles. The van der Waals surface area contributed by atoms with E-state index in [1.807, 2.05) is 43.6 Å². The van der Waals surface area contributed by atoms with Crippen LogP contribution in [0.25, 0.3) is 11.1 Å². The van der Waals surface area contributed by atoms with Gasteiger partial charge in [0.1, 0.15) is 0 Å². The molecule has 1 saturated heterocycles. The Balaban J connectivity index is 1.41. The number of benzene rings is 2. The fourth-order valence-electron chi connectivity index (χ4n) is 3.58. The maximum Gasteiger partial charge on any atom is 0.251 e. The molecule has 2 heterocycles. The van der Waals surface area contributed by atoms with E-state index in [1.54, 1.807) is 0 Å². The van der Waals surface area contributed by atoms with Crippen LogP contribution >= 0.6 is 0 Å². The fraction of sp³-hybridized carbons (Fsp3) is 0.292. The Labute approximate surface area is 171 Å². The number of carbonyl (C=O) groups excluding carboxylic acids is 1. The van der Waals surface area contributed by atoms with Gasteiger partial charge in [0, 0.05) is 36.6 Å². The highest BCUT2D eigenvalue weighted by Gasteiger charge is 2.15. The Morgan fingerprint density at radius 1 is 0.931 bits per heavy atom. The third-order valence-electron chi connectivity index (χ3n) is 5.43. The van der Waals surface area contributed by atoms with Crippen molar-refractivity contribution in [1.82, 2.24) is 15.3 Å². The molecule has 1 aliphatic heterocycles. The van der Waals surface area contributed by atoms with E-state index in [-0.39, 0.29) is 11.9 Å². The third-order valence-corrected chi connectivity index (χ3v) is 5.43. The van der Waals surface area contributed by atoms with Crippen molar-refractivity contribution >= 4 is 11.9 Å². The van der Waals surface area contributed by atoms with Crippen molar-refractivity contribution in [2.75, 3.05) is 18.0 Å². The minimum atomic E-state index is -0.0785. The van der Waals surface area contributed by atoms with Crippen LogP contribution in [0.15, 0.2) is 60.9 Å². The number of nitrogens with one attached hydrogen (secondary N) is 1. The van der Waals surface area contributed by atoms with E-state index >= 15 is 0 Å². The summed E-state index contributed by atoms with van der Waals surface area (Å²) >= 11 is 0. The van der Waals surface area contributed by atoms with E-state index in [0.29, 0.717) is 5.56 Å².